The molecule has 218 valence electrons. The monoisotopic (exact) mass is 579 g/mol. The first kappa shape index (κ1) is 28.9. The highest BCUT2D eigenvalue weighted by Crippen LogP contribution is 2.40. The Kier molecular flexibility index (Phi) is 9.10. The summed E-state index contributed by atoms with van der Waals surface area (Å²) in [6.45, 7) is 4.41. The van der Waals surface area contributed by atoms with Crippen molar-refractivity contribution in [1.29, 1.82) is 0 Å². The molecule has 2 aliphatic rings. The fourth-order valence-corrected chi connectivity index (χ4v) is 6.00. The van der Waals surface area contributed by atoms with Crippen LogP contribution in [0, 0.1) is 0 Å². The number of hydrogen-bond acceptors (Lipinski definition) is 7. The van der Waals surface area contributed by atoms with Gasteiger partial charge in [0.2, 0.25) is 5.91 Å². The zero-order chi connectivity index (χ0) is 28.9. The molecule has 1 atom stereocenters. The van der Waals surface area contributed by atoms with E-state index in [2.05, 4.69) is 21.9 Å². The normalized spacial score (nSPS) is 17.1. The van der Waals surface area contributed by atoms with Crippen LogP contribution in [0.2, 0.25) is 5.02 Å². The average Bonchev–Trinajstić information content (AvgIpc) is 3.01. The predicted molar refractivity (Wildman–Crippen MR) is 161 cm³/mol. The highest BCUT2D eigenvalue weighted by molar-refractivity contribution is 6.30. The molecule has 1 fully saturated rings. The molecule has 1 unspecified atom stereocenters. The first-order valence-corrected chi connectivity index (χ1v) is 14.3. The molecular formula is C32H38ClN3O5. The summed E-state index contributed by atoms with van der Waals surface area (Å²) in [6, 6.07) is 17.8. The number of piperazine rings is 1. The maximum Gasteiger partial charge on any atom is 0.237 e. The van der Waals surface area contributed by atoms with E-state index < -0.39 is 0 Å². The number of hydrogen-bond donors (Lipinski definition) is 0. The maximum absolute atomic E-state index is 13.9. The van der Waals surface area contributed by atoms with Gasteiger partial charge in [-0.05, 0) is 78.1 Å². The van der Waals surface area contributed by atoms with E-state index in [1.807, 2.05) is 47.4 Å². The van der Waals surface area contributed by atoms with E-state index in [1.54, 1.807) is 28.4 Å². The topological polar surface area (TPSA) is 63.7 Å². The van der Waals surface area contributed by atoms with Gasteiger partial charge in [-0.2, -0.15) is 0 Å². The summed E-state index contributed by atoms with van der Waals surface area (Å²) < 4.78 is 22.2. The minimum Gasteiger partial charge on any atom is -0.493 e. The van der Waals surface area contributed by atoms with E-state index in [4.69, 9.17) is 30.5 Å². The minimum atomic E-state index is -0.153. The Balaban J connectivity index is 1.36. The van der Waals surface area contributed by atoms with Crippen LogP contribution in [0.25, 0.3) is 0 Å². The quantitative estimate of drug-likeness (QED) is 0.358. The molecule has 1 saturated heterocycles. The largest absolute Gasteiger partial charge is 0.493 e. The second kappa shape index (κ2) is 12.9. The molecule has 0 bridgehead atoms. The van der Waals surface area contributed by atoms with Gasteiger partial charge >= 0.3 is 0 Å². The Morgan fingerprint density at radius 3 is 2.07 bits per heavy atom. The van der Waals surface area contributed by atoms with Gasteiger partial charge < -0.3 is 28.7 Å². The van der Waals surface area contributed by atoms with Crippen molar-refractivity contribution in [2.24, 2.45) is 0 Å². The molecule has 1 amide bonds. The fraction of sp³-hybridized carbons (Fsp3) is 0.406. The molecule has 2 heterocycles. The standard InChI is InChI=1S/C32H38ClN3O5/c1-38-28-10-5-22(18-29(28)39-2)17-27-26-20-31(41-4)30(40-3)19-23(26)11-12-36(27)32(37)21-34-13-15-35(16-14-34)25-8-6-24(33)7-9-25/h5-10,18-20,27H,11-17,21H2,1-4H3. The van der Waals surface area contributed by atoms with Crippen LogP contribution in [0.4, 0.5) is 5.69 Å². The molecule has 0 aliphatic carbocycles. The van der Waals surface area contributed by atoms with Crippen LogP contribution in [-0.2, 0) is 17.6 Å². The molecule has 41 heavy (non-hydrogen) atoms. The van der Waals surface area contributed by atoms with Crippen molar-refractivity contribution in [3.8, 4) is 23.0 Å². The van der Waals surface area contributed by atoms with Gasteiger partial charge in [0.1, 0.15) is 0 Å². The summed E-state index contributed by atoms with van der Waals surface area (Å²) >= 11 is 6.07. The second-order valence-electron chi connectivity index (χ2n) is 10.4. The van der Waals surface area contributed by atoms with Crippen LogP contribution >= 0.6 is 11.6 Å². The van der Waals surface area contributed by atoms with E-state index in [0.717, 1.165) is 54.4 Å². The van der Waals surface area contributed by atoms with Gasteiger partial charge in [0, 0.05) is 43.4 Å². The minimum absolute atomic E-state index is 0.135. The van der Waals surface area contributed by atoms with Crippen LogP contribution in [0.1, 0.15) is 22.7 Å². The Morgan fingerprint density at radius 1 is 0.780 bits per heavy atom. The molecule has 2 aliphatic heterocycles. The number of fused-ring (bicyclic) bond motifs is 1. The first-order valence-electron chi connectivity index (χ1n) is 13.9. The number of amides is 1. The van der Waals surface area contributed by atoms with Crippen molar-refractivity contribution in [3.05, 3.63) is 76.3 Å². The Morgan fingerprint density at radius 2 is 1.41 bits per heavy atom. The summed E-state index contributed by atoms with van der Waals surface area (Å²) in [6.07, 6.45) is 1.40. The van der Waals surface area contributed by atoms with E-state index >= 15 is 0 Å². The number of carbonyl (C=O) groups excluding carboxylic acids is 1. The van der Waals surface area contributed by atoms with Gasteiger partial charge in [0.05, 0.1) is 41.0 Å². The van der Waals surface area contributed by atoms with E-state index in [-0.39, 0.29) is 11.9 Å². The molecule has 0 N–H and O–H groups in total. The Hall–Kier alpha value is -3.62. The molecular weight excluding hydrogens is 542 g/mol. The highest BCUT2D eigenvalue weighted by Gasteiger charge is 2.33. The third-order valence-corrected chi connectivity index (χ3v) is 8.37. The van der Waals surface area contributed by atoms with Crippen molar-refractivity contribution < 1.29 is 23.7 Å². The smallest absolute Gasteiger partial charge is 0.237 e. The summed E-state index contributed by atoms with van der Waals surface area (Å²) in [5.41, 5.74) is 4.48. The second-order valence-corrected chi connectivity index (χ2v) is 10.8. The van der Waals surface area contributed by atoms with E-state index in [1.165, 1.54) is 5.56 Å². The van der Waals surface area contributed by atoms with Crippen molar-refractivity contribution in [2.45, 2.75) is 18.9 Å². The lowest BCUT2D eigenvalue weighted by Crippen LogP contribution is -2.51. The van der Waals surface area contributed by atoms with Gasteiger partial charge in [-0.15, -0.1) is 0 Å². The van der Waals surface area contributed by atoms with Gasteiger partial charge in [-0.25, -0.2) is 0 Å². The number of ether oxygens (including phenoxy) is 4. The Labute approximate surface area is 247 Å². The van der Waals surface area contributed by atoms with Crippen LogP contribution in [0.5, 0.6) is 23.0 Å². The molecule has 3 aromatic carbocycles. The number of halogens is 1. The molecule has 9 heteroatoms. The van der Waals surface area contributed by atoms with E-state index in [0.29, 0.717) is 42.5 Å². The lowest BCUT2D eigenvalue weighted by Gasteiger charge is -2.40. The Bertz CT molecular complexity index is 1360. The zero-order valence-electron chi connectivity index (χ0n) is 24.2. The lowest BCUT2D eigenvalue weighted by molar-refractivity contribution is -0.135. The van der Waals surface area contributed by atoms with Crippen molar-refractivity contribution in [3.63, 3.8) is 0 Å². The number of nitrogens with zero attached hydrogens (tertiary/aromatic N) is 3. The summed E-state index contributed by atoms with van der Waals surface area (Å²) in [7, 11) is 6.56. The average molecular weight is 580 g/mol. The number of rotatable bonds is 9. The molecule has 0 saturated carbocycles. The maximum atomic E-state index is 13.9. The SMILES string of the molecule is COc1ccc(CC2c3cc(OC)c(OC)cc3CCN2C(=O)CN2CCN(c3ccc(Cl)cc3)CC2)cc1OC. The van der Waals surface area contributed by atoms with Crippen LogP contribution in [0.15, 0.2) is 54.6 Å². The zero-order valence-corrected chi connectivity index (χ0v) is 24.9. The highest BCUT2D eigenvalue weighted by atomic mass is 35.5. The lowest BCUT2D eigenvalue weighted by atomic mass is 9.88. The van der Waals surface area contributed by atoms with Crippen molar-refractivity contribution >= 4 is 23.2 Å². The molecule has 0 radical (unpaired) electrons. The molecule has 5 rings (SSSR count). The third-order valence-electron chi connectivity index (χ3n) is 8.12. The van der Waals surface area contributed by atoms with Crippen molar-refractivity contribution in [1.82, 2.24) is 9.80 Å². The molecule has 0 spiro atoms. The van der Waals surface area contributed by atoms with Gasteiger partial charge in [0.25, 0.3) is 0 Å². The number of benzene rings is 3. The number of methoxy groups -OCH3 is 4. The summed E-state index contributed by atoms with van der Waals surface area (Å²) in [5.74, 6) is 2.85. The van der Waals surface area contributed by atoms with Gasteiger partial charge in [0.15, 0.2) is 23.0 Å². The van der Waals surface area contributed by atoms with Gasteiger partial charge in [-0.1, -0.05) is 17.7 Å². The first-order chi connectivity index (χ1) is 19.9. The van der Waals surface area contributed by atoms with Gasteiger partial charge in [-0.3, -0.25) is 9.69 Å². The van der Waals surface area contributed by atoms with Crippen LogP contribution in [-0.4, -0.2) is 83.4 Å². The molecule has 3 aromatic rings. The summed E-state index contributed by atoms with van der Waals surface area (Å²) in [5, 5.41) is 0.736. The molecule has 0 aromatic heterocycles. The fourth-order valence-electron chi connectivity index (χ4n) is 5.88. The van der Waals surface area contributed by atoms with Crippen molar-refractivity contribution in [2.75, 3.05) is 72.6 Å². The number of anilines is 1. The van der Waals surface area contributed by atoms with E-state index in [9.17, 15) is 4.79 Å². The predicted octanol–water partition coefficient (Wildman–Crippen LogP) is 4.87. The molecule has 8 nitrogen and oxygen atoms in total. The summed E-state index contributed by atoms with van der Waals surface area (Å²) in [4.78, 5) is 20.6. The number of carbonyl (C=O) groups is 1. The van der Waals surface area contributed by atoms with Crippen LogP contribution < -0.4 is 23.8 Å². The third kappa shape index (κ3) is 6.34. The van der Waals surface area contributed by atoms with Crippen LogP contribution in [0.3, 0.4) is 0 Å².